The molecule has 0 radical (unpaired) electrons. The van der Waals surface area contributed by atoms with Crippen LogP contribution in [0.1, 0.15) is 51.4 Å². The van der Waals surface area contributed by atoms with Crippen molar-refractivity contribution in [1.82, 2.24) is 0 Å². The molecular formula is C14H20ClNO. The predicted octanol–water partition coefficient (Wildman–Crippen LogP) is 3.89. The van der Waals surface area contributed by atoms with E-state index < -0.39 is 0 Å². The van der Waals surface area contributed by atoms with E-state index in [2.05, 4.69) is 6.07 Å². The van der Waals surface area contributed by atoms with Gasteiger partial charge in [0.05, 0.1) is 6.07 Å². The third kappa shape index (κ3) is 3.22. The van der Waals surface area contributed by atoms with Crippen LogP contribution in [0.25, 0.3) is 0 Å². The molecule has 2 aliphatic carbocycles. The molecule has 0 aromatic carbocycles. The van der Waals surface area contributed by atoms with Crippen LogP contribution < -0.4 is 0 Å². The zero-order valence-corrected chi connectivity index (χ0v) is 11.0. The lowest BCUT2D eigenvalue weighted by atomic mass is 9.69. The second-order valence-electron chi connectivity index (χ2n) is 5.66. The second kappa shape index (κ2) is 5.87. The Balaban J connectivity index is 1.78. The fourth-order valence-corrected chi connectivity index (χ4v) is 3.76. The molecule has 0 unspecified atom stereocenters. The summed E-state index contributed by atoms with van der Waals surface area (Å²) < 4.78 is 0. The van der Waals surface area contributed by atoms with Crippen LogP contribution >= 0.6 is 11.6 Å². The summed E-state index contributed by atoms with van der Waals surface area (Å²) in [7, 11) is 0. The number of carbonyl (C=O) groups is 1. The Kier molecular flexibility index (Phi) is 4.45. The zero-order valence-electron chi connectivity index (χ0n) is 10.2. The van der Waals surface area contributed by atoms with Crippen LogP contribution in [0.5, 0.6) is 0 Å². The van der Waals surface area contributed by atoms with Crippen molar-refractivity contribution in [2.45, 2.75) is 51.4 Å². The van der Waals surface area contributed by atoms with Crippen LogP contribution in [0.4, 0.5) is 0 Å². The summed E-state index contributed by atoms with van der Waals surface area (Å²) in [5.74, 6) is 1.99. The third-order valence-electron chi connectivity index (χ3n) is 4.71. The zero-order chi connectivity index (χ0) is 12.3. The van der Waals surface area contributed by atoms with Crippen LogP contribution in [-0.4, -0.2) is 5.24 Å². The fraction of sp³-hybridized carbons (Fsp3) is 0.857. The van der Waals surface area contributed by atoms with Crippen LogP contribution in [0.15, 0.2) is 0 Å². The topological polar surface area (TPSA) is 40.9 Å². The number of rotatable bonds is 2. The first-order chi connectivity index (χ1) is 8.20. The highest BCUT2D eigenvalue weighted by Gasteiger charge is 2.32. The molecule has 0 heterocycles. The summed E-state index contributed by atoms with van der Waals surface area (Å²) in [5.41, 5.74) is 0. The van der Waals surface area contributed by atoms with Crippen LogP contribution in [0, 0.1) is 35.0 Å². The van der Waals surface area contributed by atoms with Crippen molar-refractivity contribution in [2.75, 3.05) is 0 Å². The Morgan fingerprint density at radius 1 is 0.941 bits per heavy atom. The van der Waals surface area contributed by atoms with Gasteiger partial charge in [0.2, 0.25) is 5.24 Å². The van der Waals surface area contributed by atoms with Crippen molar-refractivity contribution in [1.29, 1.82) is 5.26 Å². The number of halogens is 1. The van der Waals surface area contributed by atoms with Crippen LogP contribution in [-0.2, 0) is 4.79 Å². The maximum Gasteiger partial charge on any atom is 0.224 e. The Hall–Kier alpha value is -0.550. The normalized spacial score (nSPS) is 38.4. The number of nitrogens with zero attached hydrogens (tertiary/aromatic N) is 1. The summed E-state index contributed by atoms with van der Waals surface area (Å²) >= 11 is 5.55. The lowest BCUT2D eigenvalue weighted by Crippen LogP contribution is -2.27. The largest absolute Gasteiger partial charge is 0.281 e. The summed E-state index contributed by atoms with van der Waals surface area (Å²) in [6.07, 6.45) is 8.85. The number of hydrogen-bond donors (Lipinski definition) is 0. The molecule has 2 fully saturated rings. The molecule has 0 atom stereocenters. The van der Waals surface area contributed by atoms with Crippen molar-refractivity contribution in [2.24, 2.45) is 23.7 Å². The molecule has 0 amide bonds. The van der Waals surface area contributed by atoms with Gasteiger partial charge in [0.1, 0.15) is 0 Å². The maximum absolute atomic E-state index is 11.1. The van der Waals surface area contributed by atoms with E-state index in [1.807, 2.05) is 0 Å². The summed E-state index contributed by atoms with van der Waals surface area (Å²) in [6, 6.07) is 2.39. The van der Waals surface area contributed by atoms with Gasteiger partial charge in [-0.2, -0.15) is 5.26 Å². The molecule has 2 nitrogen and oxygen atoms in total. The fourth-order valence-electron chi connectivity index (χ4n) is 3.54. The van der Waals surface area contributed by atoms with Gasteiger partial charge in [0.25, 0.3) is 0 Å². The molecule has 17 heavy (non-hydrogen) atoms. The van der Waals surface area contributed by atoms with Crippen LogP contribution in [0.3, 0.4) is 0 Å². The number of nitriles is 1. The highest BCUT2D eigenvalue weighted by molar-refractivity contribution is 6.63. The van der Waals surface area contributed by atoms with E-state index >= 15 is 0 Å². The molecule has 94 valence electrons. The summed E-state index contributed by atoms with van der Waals surface area (Å²) in [4.78, 5) is 11.1. The highest BCUT2D eigenvalue weighted by atomic mass is 35.5. The first-order valence-electron chi connectivity index (χ1n) is 6.79. The van der Waals surface area contributed by atoms with Gasteiger partial charge < -0.3 is 0 Å². The molecule has 2 aliphatic rings. The highest BCUT2D eigenvalue weighted by Crippen LogP contribution is 2.41. The van der Waals surface area contributed by atoms with E-state index in [1.165, 1.54) is 12.8 Å². The van der Waals surface area contributed by atoms with Gasteiger partial charge in [0, 0.05) is 11.8 Å². The molecular weight excluding hydrogens is 234 g/mol. The molecule has 0 N–H and O–H groups in total. The van der Waals surface area contributed by atoms with E-state index in [9.17, 15) is 4.79 Å². The van der Waals surface area contributed by atoms with E-state index in [1.54, 1.807) is 0 Å². The van der Waals surface area contributed by atoms with Crippen molar-refractivity contribution < 1.29 is 4.79 Å². The van der Waals surface area contributed by atoms with E-state index in [0.717, 1.165) is 50.4 Å². The second-order valence-corrected chi connectivity index (χ2v) is 6.03. The molecule has 2 saturated carbocycles. The molecule has 0 aromatic heterocycles. The van der Waals surface area contributed by atoms with Crippen molar-refractivity contribution in [3.63, 3.8) is 0 Å². The standard InChI is InChI=1S/C14H20ClNO/c15-14(17)13-7-5-12(6-8-13)11-3-1-10(9-16)2-4-11/h10-13H,1-8H2. The first-order valence-corrected chi connectivity index (χ1v) is 7.17. The van der Waals surface area contributed by atoms with Crippen LogP contribution in [0.2, 0.25) is 0 Å². The van der Waals surface area contributed by atoms with Gasteiger partial charge in [-0.3, -0.25) is 4.79 Å². The average molecular weight is 254 g/mol. The van der Waals surface area contributed by atoms with Crippen molar-refractivity contribution in [3.8, 4) is 6.07 Å². The molecule has 2 rings (SSSR count). The summed E-state index contributed by atoms with van der Waals surface area (Å²) in [6.45, 7) is 0. The van der Waals surface area contributed by atoms with Gasteiger partial charge in [-0.1, -0.05) is 0 Å². The minimum absolute atomic E-state index is 0.114. The Labute approximate surface area is 108 Å². The Bertz CT molecular complexity index is 307. The lowest BCUT2D eigenvalue weighted by Gasteiger charge is -2.35. The molecule has 0 aromatic rings. The minimum atomic E-state index is -0.142. The van der Waals surface area contributed by atoms with E-state index in [4.69, 9.17) is 16.9 Å². The SMILES string of the molecule is N#CC1CCC(C2CCC(C(=O)Cl)CC2)CC1. The lowest BCUT2D eigenvalue weighted by molar-refractivity contribution is -0.116. The predicted molar refractivity (Wildman–Crippen MR) is 67.4 cm³/mol. The van der Waals surface area contributed by atoms with Gasteiger partial charge in [-0.15, -0.1) is 0 Å². The first kappa shape index (κ1) is 12.9. The monoisotopic (exact) mass is 253 g/mol. The molecule has 3 heteroatoms. The third-order valence-corrected chi connectivity index (χ3v) is 5.02. The Morgan fingerprint density at radius 2 is 1.41 bits per heavy atom. The average Bonchev–Trinajstić information content (AvgIpc) is 2.39. The van der Waals surface area contributed by atoms with E-state index in [0.29, 0.717) is 5.92 Å². The molecule has 0 bridgehead atoms. The quantitative estimate of drug-likeness (QED) is 0.701. The van der Waals surface area contributed by atoms with Crippen molar-refractivity contribution in [3.05, 3.63) is 0 Å². The maximum atomic E-state index is 11.1. The number of carbonyl (C=O) groups excluding carboxylic acids is 1. The molecule has 0 spiro atoms. The van der Waals surface area contributed by atoms with Gasteiger partial charge >= 0.3 is 0 Å². The summed E-state index contributed by atoms with van der Waals surface area (Å²) in [5, 5.41) is 8.74. The van der Waals surface area contributed by atoms with Gasteiger partial charge in [-0.25, -0.2) is 0 Å². The van der Waals surface area contributed by atoms with Gasteiger partial charge in [0.15, 0.2) is 0 Å². The minimum Gasteiger partial charge on any atom is -0.281 e. The van der Waals surface area contributed by atoms with E-state index in [-0.39, 0.29) is 11.2 Å². The molecule has 0 aliphatic heterocycles. The van der Waals surface area contributed by atoms with Crippen molar-refractivity contribution >= 4 is 16.8 Å². The van der Waals surface area contributed by atoms with Gasteiger partial charge in [-0.05, 0) is 74.8 Å². The number of hydrogen-bond acceptors (Lipinski definition) is 2. The smallest absolute Gasteiger partial charge is 0.224 e. The molecule has 0 saturated heterocycles. The Morgan fingerprint density at radius 3 is 1.82 bits per heavy atom.